The molecule has 2 aromatic rings. The number of benzene rings is 2. The van der Waals surface area contributed by atoms with E-state index in [0.29, 0.717) is 45.7 Å². The third kappa shape index (κ3) is 4.75. The standard InChI is InChI=1S/C25H22N4O7S/c1-14-22(24(31)34-2)23(16-4-6-17(7-5-16)29(32)33)28-18(12-37-25(28)27-14)10-21(30)26-11-15-3-8-19-20(9-15)36-13-35-19/h3-9,12,23H,10-11,13H2,1-2H3,(H,26,30). The largest absolute Gasteiger partial charge is 0.466 e. The molecule has 0 fully saturated rings. The molecule has 0 spiro atoms. The number of allylic oxidation sites excluding steroid dienone is 1. The van der Waals surface area contributed by atoms with Crippen molar-refractivity contribution in [3.63, 3.8) is 0 Å². The van der Waals surface area contributed by atoms with E-state index in [-0.39, 0.29) is 24.8 Å². The van der Waals surface area contributed by atoms with Crippen LogP contribution in [-0.2, 0) is 20.9 Å². The maximum Gasteiger partial charge on any atom is 0.338 e. The van der Waals surface area contributed by atoms with Crippen LogP contribution < -0.4 is 14.8 Å². The van der Waals surface area contributed by atoms with Crippen LogP contribution in [0.25, 0.3) is 0 Å². The summed E-state index contributed by atoms with van der Waals surface area (Å²) in [7, 11) is 1.29. The number of thioether (sulfide) groups is 1. The van der Waals surface area contributed by atoms with Gasteiger partial charge in [0.2, 0.25) is 12.7 Å². The number of amidine groups is 1. The lowest BCUT2D eigenvalue weighted by Gasteiger charge is -2.36. The van der Waals surface area contributed by atoms with Gasteiger partial charge in [-0.3, -0.25) is 14.9 Å². The van der Waals surface area contributed by atoms with Gasteiger partial charge in [-0.25, -0.2) is 9.79 Å². The molecular formula is C25H22N4O7S. The number of ether oxygens (including phenoxy) is 3. The molecule has 3 aliphatic rings. The van der Waals surface area contributed by atoms with Gasteiger partial charge in [-0.15, -0.1) is 0 Å². The molecule has 3 heterocycles. The Morgan fingerprint density at radius 3 is 2.70 bits per heavy atom. The van der Waals surface area contributed by atoms with Crippen LogP contribution in [0.2, 0.25) is 0 Å². The van der Waals surface area contributed by atoms with Crippen LogP contribution in [0.5, 0.6) is 11.5 Å². The Bertz CT molecular complexity index is 1380. The molecule has 0 aliphatic carbocycles. The Balaban J connectivity index is 1.37. The summed E-state index contributed by atoms with van der Waals surface area (Å²) >= 11 is 1.34. The van der Waals surface area contributed by atoms with Crippen LogP contribution in [0.3, 0.4) is 0 Å². The minimum absolute atomic E-state index is 0.0353. The Morgan fingerprint density at radius 1 is 1.22 bits per heavy atom. The summed E-state index contributed by atoms with van der Waals surface area (Å²) in [5, 5.41) is 16.5. The highest BCUT2D eigenvalue weighted by Gasteiger charge is 2.41. The monoisotopic (exact) mass is 522 g/mol. The number of carbonyl (C=O) groups is 2. The lowest BCUT2D eigenvalue weighted by atomic mass is 9.93. The van der Waals surface area contributed by atoms with E-state index in [9.17, 15) is 19.7 Å². The van der Waals surface area contributed by atoms with E-state index in [1.807, 2.05) is 22.4 Å². The molecule has 3 aliphatic heterocycles. The van der Waals surface area contributed by atoms with Crippen molar-refractivity contribution in [3.05, 3.63) is 86.1 Å². The highest BCUT2D eigenvalue weighted by Crippen LogP contribution is 2.45. The number of hydrogen-bond donors (Lipinski definition) is 1. The molecule has 1 atom stereocenters. The predicted octanol–water partition coefficient (Wildman–Crippen LogP) is 3.78. The van der Waals surface area contributed by atoms with Gasteiger partial charge in [0.05, 0.1) is 35.8 Å². The van der Waals surface area contributed by atoms with Crippen LogP contribution in [0.15, 0.2) is 69.8 Å². The van der Waals surface area contributed by atoms with E-state index in [1.54, 1.807) is 25.1 Å². The summed E-state index contributed by atoms with van der Waals surface area (Å²) in [6, 6.07) is 10.8. The average molecular weight is 523 g/mol. The Hall–Kier alpha value is -4.32. The van der Waals surface area contributed by atoms with Crippen molar-refractivity contribution in [1.29, 1.82) is 0 Å². The highest BCUT2D eigenvalue weighted by molar-refractivity contribution is 8.16. The lowest BCUT2D eigenvalue weighted by Crippen LogP contribution is -2.37. The topological polar surface area (TPSA) is 133 Å². The third-order valence-corrected chi connectivity index (χ3v) is 6.98. The van der Waals surface area contributed by atoms with Crippen molar-refractivity contribution < 1.29 is 28.7 Å². The summed E-state index contributed by atoms with van der Waals surface area (Å²) in [5.41, 5.74) is 2.85. The minimum atomic E-state index is -0.663. The van der Waals surface area contributed by atoms with Crippen LogP contribution in [0.4, 0.5) is 5.69 Å². The first-order valence-corrected chi connectivity index (χ1v) is 12.2. The maximum atomic E-state index is 12.9. The van der Waals surface area contributed by atoms with Crippen LogP contribution >= 0.6 is 11.8 Å². The number of amides is 1. The SMILES string of the molecule is COC(=O)C1=C(C)N=C2SC=C(CC(=O)NCc3ccc4c(c3)OCO4)N2C1c1ccc([N+](=O)[O-])cc1. The summed E-state index contributed by atoms with van der Waals surface area (Å²) in [4.78, 5) is 42.8. The van der Waals surface area contributed by atoms with E-state index in [4.69, 9.17) is 14.2 Å². The number of rotatable bonds is 7. The molecule has 190 valence electrons. The van der Waals surface area contributed by atoms with Crippen molar-refractivity contribution in [3.8, 4) is 11.5 Å². The van der Waals surface area contributed by atoms with Gasteiger partial charge in [0, 0.05) is 24.4 Å². The number of non-ortho nitro benzene ring substituents is 1. The Labute approximate surface area is 215 Å². The van der Waals surface area contributed by atoms with Crippen molar-refractivity contribution >= 4 is 34.5 Å². The van der Waals surface area contributed by atoms with E-state index < -0.39 is 16.9 Å². The molecule has 1 amide bonds. The second-order valence-corrected chi connectivity index (χ2v) is 9.21. The molecule has 1 N–H and O–H groups in total. The number of nitro groups is 1. The molecule has 1 unspecified atom stereocenters. The highest BCUT2D eigenvalue weighted by atomic mass is 32.2. The number of methoxy groups -OCH3 is 1. The molecule has 0 bridgehead atoms. The van der Waals surface area contributed by atoms with Crippen molar-refractivity contribution in [1.82, 2.24) is 10.2 Å². The van der Waals surface area contributed by atoms with Crippen LogP contribution in [0.1, 0.15) is 30.5 Å². The lowest BCUT2D eigenvalue weighted by molar-refractivity contribution is -0.384. The van der Waals surface area contributed by atoms with Gasteiger partial charge in [-0.2, -0.15) is 0 Å². The van der Waals surface area contributed by atoms with Gasteiger partial charge in [0.1, 0.15) is 0 Å². The summed E-state index contributed by atoms with van der Waals surface area (Å²) in [6.45, 7) is 2.19. The fraction of sp³-hybridized carbons (Fsp3) is 0.240. The number of nitrogens with one attached hydrogen (secondary N) is 1. The Morgan fingerprint density at radius 2 is 1.97 bits per heavy atom. The average Bonchev–Trinajstić information content (AvgIpc) is 3.52. The van der Waals surface area contributed by atoms with E-state index in [0.717, 1.165) is 5.56 Å². The summed E-state index contributed by atoms with van der Waals surface area (Å²) in [6.07, 6.45) is 0.0353. The molecule has 0 aromatic heterocycles. The van der Waals surface area contributed by atoms with Crippen LogP contribution in [-0.4, -0.2) is 40.8 Å². The molecule has 37 heavy (non-hydrogen) atoms. The van der Waals surface area contributed by atoms with Crippen molar-refractivity contribution in [2.24, 2.45) is 4.99 Å². The maximum absolute atomic E-state index is 12.9. The third-order valence-electron chi connectivity index (χ3n) is 6.09. The molecule has 0 saturated heterocycles. The molecule has 2 aromatic carbocycles. The molecular weight excluding hydrogens is 500 g/mol. The molecule has 12 heteroatoms. The van der Waals surface area contributed by atoms with Gasteiger partial charge >= 0.3 is 5.97 Å². The summed E-state index contributed by atoms with van der Waals surface area (Å²) in [5.74, 6) is 0.521. The van der Waals surface area contributed by atoms with E-state index >= 15 is 0 Å². The normalized spacial score (nSPS) is 17.7. The predicted molar refractivity (Wildman–Crippen MR) is 135 cm³/mol. The van der Waals surface area contributed by atoms with Gasteiger partial charge in [-0.05, 0) is 47.7 Å². The van der Waals surface area contributed by atoms with E-state index in [1.165, 1.54) is 31.0 Å². The fourth-order valence-corrected chi connectivity index (χ4v) is 5.28. The zero-order valence-corrected chi connectivity index (χ0v) is 20.7. The number of fused-ring (bicyclic) bond motifs is 2. The van der Waals surface area contributed by atoms with Crippen molar-refractivity contribution in [2.45, 2.75) is 25.9 Å². The number of esters is 1. The van der Waals surface area contributed by atoms with Gasteiger partial charge in [0.15, 0.2) is 16.7 Å². The summed E-state index contributed by atoms with van der Waals surface area (Å²) < 4.78 is 15.7. The smallest absolute Gasteiger partial charge is 0.338 e. The quantitative estimate of drug-likeness (QED) is 0.328. The van der Waals surface area contributed by atoms with Gasteiger partial charge < -0.3 is 24.4 Å². The first kappa shape index (κ1) is 24.4. The van der Waals surface area contributed by atoms with Crippen molar-refractivity contribution in [2.75, 3.05) is 13.9 Å². The Kier molecular flexibility index (Phi) is 6.57. The zero-order valence-electron chi connectivity index (χ0n) is 19.9. The number of nitrogens with zero attached hydrogens (tertiary/aromatic N) is 3. The van der Waals surface area contributed by atoms with E-state index in [2.05, 4.69) is 10.3 Å². The first-order chi connectivity index (χ1) is 17.9. The minimum Gasteiger partial charge on any atom is -0.466 e. The van der Waals surface area contributed by atoms with Gasteiger partial charge in [-0.1, -0.05) is 17.8 Å². The number of nitro benzene ring substituents is 1. The molecule has 0 saturated carbocycles. The van der Waals surface area contributed by atoms with Gasteiger partial charge in [0.25, 0.3) is 5.69 Å². The first-order valence-electron chi connectivity index (χ1n) is 11.3. The van der Waals surface area contributed by atoms with Crippen LogP contribution in [0, 0.1) is 10.1 Å². The molecule has 11 nitrogen and oxygen atoms in total. The number of hydrogen-bond acceptors (Lipinski definition) is 10. The fourth-order valence-electron chi connectivity index (χ4n) is 4.31. The zero-order chi connectivity index (χ0) is 26.1. The molecule has 5 rings (SSSR count). The second kappa shape index (κ2) is 9.97. The molecule has 0 radical (unpaired) electrons. The second-order valence-electron chi connectivity index (χ2n) is 8.37. The number of carbonyl (C=O) groups excluding carboxylic acids is 2. The number of aliphatic imine (C=N–C) groups is 1.